The molecule has 0 radical (unpaired) electrons. The molecule has 0 amide bonds. The smallest absolute Gasteiger partial charge is 0.0543 e. The summed E-state index contributed by atoms with van der Waals surface area (Å²) in [5.41, 5.74) is 9.63. The fourth-order valence-electron chi connectivity index (χ4n) is 7.36. The molecule has 1 nitrogen and oxygen atoms in total. The molecule has 0 aromatic heterocycles. The Balaban J connectivity index is 1.60. The van der Waals surface area contributed by atoms with Crippen LogP contribution in [0.25, 0.3) is 11.1 Å². The van der Waals surface area contributed by atoms with Crippen LogP contribution in [0.15, 0.2) is 99.9 Å². The third-order valence-corrected chi connectivity index (χ3v) is 10.7. The van der Waals surface area contributed by atoms with Crippen LogP contribution in [0.2, 0.25) is 0 Å². The summed E-state index contributed by atoms with van der Waals surface area (Å²) in [6, 6.07) is 34.0. The van der Waals surface area contributed by atoms with E-state index in [2.05, 4.69) is 142 Å². The van der Waals surface area contributed by atoms with E-state index in [0.29, 0.717) is 0 Å². The molecule has 1 aliphatic carbocycles. The normalized spacial score (nSPS) is 13.1. The van der Waals surface area contributed by atoms with Crippen molar-refractivity contribution in [1.82, 2.24) is 0 Å². The van der Waals surface area contributed by atoms with Crippen LogP contribution in [0, 0.1) is 0 Å². The SMILES string of the molecule is CCCCCCCCC1(CCCCCCCC)c2ccccc2-c2c(N(c3ccc(Br)cc3)c3ccc(Br)cc3)cccc21. The molecule has 1 aliphatic rings. The molecule has 3 heteroatoms. The number of nitrogens with zero attached hydrogens (tertiary/aromatic N) is 1. The highest BCUT2D eigenvalue weighted by molar-refractivity contribution is 9.10. The topological polar surface area (TPSA) is 3.24 Å². The highest BCUT2D eigenvalue weighted by Gasteiger charge is 2.43. The summed E-state index contributed by atoms with van der Waals surface area (Å²) < 4.78 is 2.19. The van der Waals surface area contributed by atoms with Crippen molar-refractivity contribution in [3.8, 4) is 11.1 Å². The molecular weight excluding hydrogens is 666 g/mol. The average Bonchev–Trinajstić information content (AvgIpc) is 3.33. The molecule has 0 saturated carbocycles. The van der Waals surface area contributed by atoms with Gasteiger partial charge in [-0.2, -0.15) is 0 Å². The van der Waals surface area contributed by atoms with Crippen LogP contribution in [0.4, 0.5) is 17.1 Å². The third kappa shape index (κ3) is 7.53. The number of hydrogen-bond acceptors (Lipinski definition) is 1. The minimum absolute atomic E-state index is 0.0720. The Bertz CT molecular complexity index is 1400. The summed E-state index contributed by atoms with van der Waals surface area (Å²) in [4.78, 5) is 2.46. The van der Waals surface area contributed by atoms with Gasteiger partial charge in [0, 0.05) is 31.3 Å². The van der Waals surface area contributed by atoms with Crippen molar-refractivity contribution in [2.45, 2.75) is 109 Å². The van der Waals surface area contributed by atoms with Gasteiger partial charge < -0.3 is 4.90 Å². The van der Waals surface area contributed by atoms with Gasteiger partial charge >= 0.3 is 0 Å². The molecule has 0 heterocycles. The van der Waals surface area contributed by atoms with Gasteiger partial charge in [-0.15, -0.1) is 0 Å². The van der Waals surface area contributed by atoms with Crippen LogP contribution in [0.1, 0.15) is 115 Å². The van der Waals surface area contributed by atoms with Crippen molar-refractivity contribution in [1.29, 1.82) is 0 Å². The van der Waals surface area contributed by atoms with Crippen LogP contribution >= 0.6 is 31.9 Å². The quantitative estimate of drug-likeness (QED) is 0.0984. The molecule has 0 saturated heterocycles. The monoisotopic (exact) mass is 713 g/mol. The van der Waals surface area contributed by atoms with Gasteiger partial charge in [-0.05, 0) is 84.1 Å². The molecule has 4 aromatic carbocycles. The summed E-state index contributed by atoms with van der Waals surface area (Å²) >= 11 is 7.33. The van der Waals surface area contributed by atoms with Crippen molar-refractivity contribution in [2.75, 3.05) is 4.90 Å². The molecule has 0 unspecified atom stereocenters. The first-order valence-electron chi connectivity index (χ1n) is 17.1. The second-order valence-corrected chi connectivity index (χ2v) is 14.5. The van der Waals surface area contributed by atoms with E-state index in [4.69, 9.17) is 0 Å². The van der Waals surface area contributed by atoms with E-state index in [1.165, 1.54) is 124 Å². The molecular formula is C41H49Br2N. The zero-order valence-corrected chi connectivity index (χ0v) is 29.9. The highest BCUT2D eigenvalue weighted by Crippen LogP contribution is 2.58. The molecule has 44 heavy (non-hydrogen) atoms. The van der Waals surface area contributed by atoms with Gasteiger partial charge in [-0.1, -0.05) is 159 Å². The molecule has 0 spiro atoms. The number of fused-ring (bicyclic) bond motifs is 3. The Morgan fingerprint density at radius 1 is 0.500 bits per heavy atom. The Morgan fingerprint density at radius 3 is 1.52 bits per heavy atom. The molecule has 0 atom stereocenters. The van der Waals surface area contributed by atoms with Gasteiger partial charge in [0.05, 0.1) is 5.69 Å². The molecule has 0 aliphatic heterocycles. The first-order chi connectivity index (χ1) is 21.6. The lowest BCUT2D eigenvalue weighted by molar-refractivity contribution is 0.398. The van der Waals surface area contributed by atoms with E-state index in [0.717, 1.165) is 8.95 Å². The lowest BCUT2D eigenvalue weighted by Crippen LogP contribution is -2.25. The number of halogens is 2. The Kier molecular flexibility index (Phi) is 12.2. The van der Waals surface area contributed by atoms with Gasteiger partial charge in [0.15, 0.2) is 0 Å². The zero-order valence-electron chi connectivity index (χ0n) is 26.8. The Labute approximate surface area is 283 Å². The molecule has 0 N–H and O–H groups in total. The summed E-state index contributed by atoms with van der Waals surface area (Å²) in [6.45, 7) is 4.62. The van der Waals surface area contributed by atoms with Crippen molar-refractivity contribution < 1.29 is 0 Å². The van der Waals surface area contributed by atoms with E-state index < -0.39 is 0 Å². The number of rotatable bonds is 17. The molecule has 232 valence electrons. The van der Waals surface area contributed by atoms with Crippen LogP contribution in [-0.2, 0) is 5.41 Å². The second-order valence-electron chi connectivity index (χ2n) is 12.7. The minimum atomic E-state index is 0.0720. The van der Waals surface area contributed by atoms with Gasteiger partial charge in [0.25, 0.3) is 0 Å². The summed E-state index contributed by atoms with van der Waals surface area (Å²) in [7, 11) is 0. The van der Waals surface area contributed by atoms with E-state index >= 15 is 0 Å². The molecule has 0 fully saturated rings. The fourth-order valence-corrected chi connectivity index (χ4v) is 7.89. The van der Waals surface area contributed by atoms with Crippen molar-refractivity contribution >= 4 is 48.9 Å². The molecule has 0 bridgehead atoms. The van der Waals surface area contributed by atoms with E-state index in [9.17, 15) is 0 Å². The molecule has 5 rings (SSSR count). The van der Waals surface area contributed by atoms with Crippen molar-refractivity contribution in [3.05, 3.63) is 111 Å². The first-order valence-corrected chi connectivity index (χ1v) is 18.7. The number of benzene rings is 4. The third-order valence-electron chi connectivity index (χ3n) is 9.59. The van der Waals surface area contributed by atoms with Crippen LogP contribution in [-0.4, -0.2) is 0 Å². The Morgan fingerprint density at radius 2 is 0.977 bits per heavy atom. The van der Waals surface area contributed by atoms with Crippen molar-refractivity contribution in [3.63, 3.8) is 0 Å². The van der Waals surface area contributed by atoms with E-state index in [1.54, 1.807) is 5.56 Å². The van der Waals surface area contributed by atoms with Gasteiger partial charge in [-0.25, -0.2) is 0 Å². The standard InChI is InChI=1S/C41H49Br2N/c1-3-5-7-9-11-15-30-41(31-16-12-10-8-6-4-2)37-19-14-13-18-36(37)40-38(41)20-17-21-39(40)44(34-26-22-32(42)23-27-34)35-28-24-33(43)25-29-35/h13-14,17-29H,3-12,15-16,30-31H2,1-2H3. The fraction of sp³-hybridized carbons (Fsp3) is 0.415. The second kappa shape index (κ2) is 16.3. The number of anilines is 3. The van der Waals surface area contributed by atoms with Crippen LogP contribution < -0.4 is 4.90 Å². The maximum absolute atomic E-state index is 3.67. The van der Waals surface area contributed by atoms with E-state index in [1.807, 2.05) is 0 Å². The number of hydrogen-bond donors (Lipinski definition) is 0. The largest absolute Gasteiger partial charge is 0.310 e. The molecule has 4 aromatic rings. The zero-order chi connectivity index (χ0) is 30.8. The summed E-state index contributed by atoms with van der Waals surface area (Å²) in [6.07, 6.45) is 18.5. The van der Waals surface area contributed by atoms with E-state index in [-0.39, 0.29) is 5.41 Å². The summed E-state index contributed by atoms with van der Waals surface area (Å²) in [5.74, 6) is 0. The minimum Gasteiger partial charge on any atom is -0.310 e. The predicted molar refractivity (Wildman–Crippen MR) is 199 cm³/mol. The highest BCUT2D eigenvalue weighted by atomic mass is 79.9. The van der Waals surface area contributed by atoms with Crippen LogP contribution in [0.3, 0.4) is 0 Å². The number of unbranched alkanes of at least 4 members (excludes halogenated alkanes) is 10. The van der Waals surface area contributed by atoms with Gasteiger partial charge in [0.1, 0.15) is 0 Å². The first kappa shape index (κ1) is 33.0. The van der Waals surface area contributed by atoms with Gasteiger partial charge in [0.2, 0.25) is 0 Å². The maximum atomic E-state index is 3.67. The average molecular weight is 716 g/mol. The van der Waals surface area contributed by atoms with Gasteiger partial charge in [-0.3, -0.25) is 0 Å². The van der Waals surface area contributed by atoms with Crippen LogP contribution in [0.5, 0.6) is 0 Å². The maximum Gasteiger partial charge on any atom is 0.0543 e. The van der Waals surface area contributed by atoms with Crippen molar-refractivity contribution in [2.24, 2.45) is 0 Å². The summed E-state index contributed by atoms with van der Waals surface area (Å²) in [5, 5.41) is 0. The lowest BCUT2D eigenvalue weighted by Gasteiger charge is -2.34. The lowest BCUT2D eigenvalue weighted by atomic mass is 9.70. The predicted octanol–water partition coefficient (Wildman–Crippen LogP) is 14.4. The Hall–Kier alpha value is -2.36.